The molecule has 0 saturated heterocycles. The lowest BCUT2D eigenvalue weighted by atomic mass is 10.3. The van der Waals surface area contributed by atoms with Crippen molar-refractivity contribution in [2.75, 3.05) is 17.8 Å². The van der Waals surface area contributed by atoms with Gasteiger partial charge in [0.15, 0.2) is 0 Å². The molecular weight excluding hydrogens is 308 g/mol. The summed E-state index contributed by atoms with van der Waals surface area (Å²) in [6, 6.07) is 4.56. The first kappa shape index (κ1) is 14.3. The van der Waals surface area contributed by atoms with Crippen molar-refractivity contribution in [3.63, 3.8) is 0 Å². The van der Waals surface area contributed by atoms with Gasteiger partial charge in [0, 0.05) is 17.6 Å². The van der Waals surface area contributed by atoms with Crippen LogP contribution >= 0.6 is 15.9 Å². The molecule has 1 rings (SSSR count). The van der Waals surface area contributed by atoms with Crippen LogP contribution in [0.3, 0.4) is 0 Å². The summed E-state index contributed by atoms with van der Waals surface area (Å²) in [5.74, 6) is -0.107. The molecule has 0 heterocycles. The standard InChI is InChI=1S/C10H15BrN2O3S/c1-3-13(4-2)17(15,16)12-9-7-8(11)5-6-10(9)14/h5-7,12,14H,3-4H2,1-2H3. The molecule has 0 bridgehead atoms. The number of nitrogens with one attached hydrogen (secondary N) is 1. The van der Waals surface area contributed by atoms with Gasteiger partial charge in [0.2, 0.25) is 0 Å². The van der Waals surface area contributed by atoms with Crippen molar-refractivity contribution in [2.24, 2.45) is 0 Å². The zero-order valence-electron chi connectivity index (χ0n) is 9.64. The molecule has 0 aliphatic rings. The van der Waals surface area contributed by atoms with E-state index in [1.54, 1.807) is 19.9 Å². The fourth-order valence-electron chi connectivity index (χ4n) is 1.36. The number of aromatic hydroxyl groups is 1. The van der Waals surface area contributed by atoms with Crippen LogP contribution in [0, 0.1) is 0 Å². The maximum Gasteiger partial charge on any atom is 0.301 e. The van der Waals surface area contributed by atoms with Crippen LogP contribution in [-0.4, -0.2) is 30.9 Å². The summed E-state index contributed by atoms with van der Waals surface area (Å²) in [7, 11) is -3.61. The Morgan fingerprint density at radius 3 is 2.47 bits per heavy atom. The van der Waals surface area contributed by atoms with Crippen LogP contribution in [0.15, 0.2) is 22.7 Å². The van der Waals surface area contributed by atoms with Gasteiger partial charge >= 0.3 is 10.2 Å². The lowest BCUT2D eigenvalue weighted by Gasteiger charge is -2.19. The van der Waals surface area contributed by atoms with Gasteiger partial charge in [0.05, 0.1) is 5.69 Å². The first-order valence-corrected chi connectivity index (χ1v) is 7.40. The van der Waals surface area contributed by atoms with E-state index >= 15 is 0 Å². The van der Waals surface area contributed by atoms with E-state index < -0.39 is 10.2 Å². The Bertz CT molecular complexity index is 486. The number of nitrogens with zero attached hydrogens (tertiary/aromatic N) is 1. The number of halogens is 1. The molecule has 2 N–H and O–H groups in total. The van der Waals surface area contributed by atoms with Crippen LogP contribution < -0.4 is 4.72 Å². The normalized spacial score (nSPS) is 11.8. The Morgan fingerprint density at radius 2 is 1.94 bits per heavy atom. The molecule has 0 amide bonds. The van der Waals surface area contributed by atoms with Gasteiger partial charge in [-0.05, 0) is 18.2 Å². The Hall–Kier alpha value is -0.790. The number of phenolic OH excluding ortho intramolecular Hbond substituents is 1. The molecule has 0 radical (unpaired) electrons. The summed E-state index contributed by atoms with van der Waals surface area (Å²) >= 11 is 3.22. The third kappa shape index (κ3) is 3.58. The first-order chi connectivity index (χ1) is 7.90. The molecule has 0 atom stereocenters. The van der Waals surface area contributed by atoms with Gasteiger partial charge in [-0.1, -0.05) is 29.8 Å². The number of anilines is 1. The highest BCUT2D eigenvalue weighted by atomic mass is 79.9. The lowest BCUT2D eigenvalue weighted by molar-refractivity contribution is 0.448. The molecule has 96 valence electrons. The predicted octanol–water partition coefficient (Wildman–Crippen LogP) is 2.15. The fourth-order valence-corrected chi connectivity index (χ4v) is 2.97. The van der Waals surface area contributed by atoms with E-state index in [4.69, 9.17) is 0 Å². The van der Waals surface area contributed by atoms with Gasteiger partial charge in [-0.25, -0.2) is 0 Å². The third-order valence-electron chi connectivity index (χ3n) is 2.24. The second-order valence-corrected chi connectivity index (χ2v) is 5.94. The van der Waals surface area contributed by atoms with Crippen LogP contribution in [0.2, 0.25) is 0 Å². The molecule has 5 nitrogen and oxygen atoms in total. The zero-order chi connectivity index (χ0) is 13.1. The van der Waals surface area contributed by atoms with Gasteiger partial charge in [-0.15, -0.1) is 0 Å². The van der Waals surface area contributed by atoms with Crippen molar-refractivity contribution in [1.29, 1.82) is 0 Å². The molecule has 0 aromatic heterocycles. The predicted molar refractivity (Wildman–Crippen MR) is 71.3 cm³/mol. The molecule has 0 aliphatic heterocycles. The van der Waals surface area contributed by atoms with E-state index in [-0.39, 0.29) is 11.4 Å². The van der Waals surface area contributed by atoms with Crippen molar-refractivity contribution in [3.8, 4) is 5.75 Å². The maximum atomic E-state index is 11.9. The summed E-state index contributed by atoms with van der Waals surface area (Å²) in [4.78, 5) is 0. The summed E-state index contributed by atoms with van der Waals surface area (Å²) in [6.45, 7) is 4.26. The van der Waals surface area contributed by atoms with Gasteiger partial charge < -0.3 is 5.11 Å². The van der Waals surface area contributed by atoms with E-state index in [1.807, 2.05) is 0 Å². The van der Waals surface area contributed by atoms with Gasteiger partial charge in [-0.3, -0.25) is 4.72 Å². The summed E-state index contributed by atoms with van der Waals surface area (Å²) < 4.78 is 28.1. The molecule has 17 heavy (non-hydrogen) atoms. The highest BCUT2D eigenvalue weighted by molar-refractivity contribution is 9.10. The molecule has 0 fully saturated rings. The van der Waals surface area contributed by atoms with E-state index in [9.17, 15) is 13.5 Å². The maximum absolute atomic E-state index is 11.9. The molecule has 0 unspecified atom stereocenters. The molecule has 0 spiro atoms. The third-order valence-corrected chi connectivity index (χ3v) is 4.41. The lowest BCUT2D eigenvalue weighted by Crippen LogP contribution is -2.35. The van der Waals surface area contributed by atoms with E-state index in [0.717, 1.165) is 0 Å². The van der Waals surface area contributed by atoms with Crippen molar-refractivity contribution in [1.82, 2.24) is 4.31 Å². The van der Waals surface area contributed by atoms with E-state index in [0.29, 0.717) is 17.6 Å². The minimum Gasteiger partial charge on any atom is -0.506 e. The molecule has 1 aromatic rings. The average molecular weight is 323 g/mol. The Labute approximate surface area is 110 Å². The summed E-state index contributed by atoms with van der Waals surface area (Å²) in [5, 5.41) is 9.56. The molecular formula is C10H15BrN2O3S. The SMILES string of the molecule is CCN(CC)S(=O)(=O)Nc1cc(Br)ccc1O. The highest BCUT2D eigenvalue weighted by Crippen LogP contribution is 2.28. The largest absolute Gasteiger partial charge is 0.506 e. The Balaban J connectivity index is 3.01. The fraction of sp³-hybridized carbons (Fsp3) is 0.400. The van der Waals surface area contributed by atoms with Crippen molar-refractivity contribution in [3.05, 3.63) is 22.7 Å². The van der Waals surface area contributed by atoms with Crippen LogP contribution in [-0.2, 0) is 10.2 Å². The molecule has 1 aromatic carbocycles. The van der Waals surface area contributed by atoms with Crippen LogP contribution in [0.25, 0.3) is 0 Å². The number of rotatable bonds is 5. The number of hydrogen-bond acceptors (Lipinski definition) is 3. The highest BCUT2D eigenvalue weighted by Gasteiger charge is 2.19. The van der Waals surface area contributed by atoms with Crippen LogP contribution in [0.5, 0.6) is 5.75 Å². The van der Waals surface area contributed by atoms with Crippen LogP contribution in [0.1, 0.15) is 13.8 Å². The molecule has 7 heteroatoms. The summed E-state index contributed by atoms with van der Waals surface area (Å²) in [5.41, 5.74) is 0.159. The number of benzene rings is 1. The minimum atomic E-state index is -3.61. The molecule has 0 saturated carbocycles. The Kier molecular flexibility index (Phi) is 4.79. The minimum absolute atomic E-state index is 0.107. The zero-order valence-corrected chi connectivity index (χ0v) is 12.0. The van der Waals surface area contributed by atoms with Gasteiger partial charge in [0.25, 0.3) is 0 Å². The monoisotopic (exact) mass is 322 g/mol. The number of phenols is 1. The Morgan fingerprint density at radius 1 is 1.35 bits per heavy atom. The molecule has 0 aliphatic carbocycles. The van der Waals surface area contributed by atoms with Gasteiger partial charge in [0.1, 0.15) is 5.75 Å². The van der Waals surface area contributed by atoms with Crippen LogP contribution in [0.4, 0.5) is 5.69 Å². The van der Waals surface area contributed by atoms with Gasteiger partial charge in [-0.2, -0.15) is 12.7 Å². The smallest absolute Gasteiger partial charge is 0.301 e. The van der Waals surface area contributed by atoms with Crippen molar-refractivity contribution < 1.29 is 13.5 Å². The van der Waals surface area contributed by atoms with Crippen molar-refractivity contribution >= 4 is 31.8 Å². The quantitative estimate of drug-likeness (QED) is 0.816. The number of hydrogen-bond donors (Lipinski definition) is 2. The topological polar surface area (TPSA) is 69.6 Å². The van der Waals surface area contributed by atoms with Crippen molar-refractivity contribution in [2.45, 2.75) is 13.8 Å². The second-order valence-electron chi connectivity index (χ2n) is 3.35. The second kappa shape index (κ2) is 5.70. The average Bonchev–Trinajstić information content (AvgIpc) is 2.24. The van der Waals surface area contributed by atoms with E-state index in [2.05, 4.69) is 20.7 Å². The summed E-state index contributed by atoms with van der Waals surface area (Å²) in [6.07, 6.45) is 0. The van der Waals surface area contributed by atoms with E-state index in [1.165, 1.54) is 16.4 Å². The first-order valence-electron chi connectivity index (χ1n) is 5.17.